The van der Waals surface area contributed by atoms with Crippen LogP contribution < -0.4 is 4.74 Å². The van der Waals surface area contributed by atoms with Crippen LogP contribution in [0.3, 0.4) is 0 Å². The molecule has 16 heavy (non-hydrogen) atoms. The van der Waals surface area contributed by atoms with Gasteiger partial charge in [-0.2, -0.15) is 5.10 Å². The maximum absolute atomic E-state index is 6.37. The second kappa shape index (κ2) is 4.58. The molecular weight excluding hydrogens is 224 g/mol. The average Bonchev–Trinajstić information content (AvgIpc) is 2.81. The van der Waals surface area contributed by atoms with Crippen LogP contribution in [0.5, 0.6) is 5.75 Å². The zero-order valence-electron chi connectivity index (χ0n) is 9.20. The Morgan fingerprint density at radius 2 is 2.25 bits per heavy atom. The molecular formula is C12H13ClN2O. The molecule has 2 rings (SSSR count). The molecule has 0 aliphatic carbocycles. The predicted octanol–water partition coefficient (Wildman–Crippen LogP) is 3.05. The fourth-order valence-corrected chi connectivity index (χ4v) is 2.00. The summed E-state index contributed by atoms with van der Waals surface area (Å²) in [6.07, 6.45) is 3.54. The fraction of sp³-hybridized carbons (Fsp3) is 0.250. The van der Waals surface area contributed by atoms with Crippen molar-refractivity contribution in [1.29, 1.82) is 0 Å². The van der Waals surface area contributed by atoms with Crippen LogP contribution in [0.4, 0.5) is 0 Å². The molecule has 0 spiro atoms. The molecule has 1 N–H and O–H groups in total. The smallest absolute Gasteiger partial charge is 0.119 e. The van der Waals surface area contributed by atoms with E-state index in [-0.39, 0.29) is 5.38 Å². The number of H-pyrrole nitrogens is 1. The molecule has 0 aliphatic rings. The van der Waals surface area contributed by atoms with Crippen molar-refractivity contribution in [3.05, 3.63) is 47.3 Å². The van der Waals surface area contributed by atoms with Gasteiger partial charge in [0.05, 0.1) is 18.7 Å². The quantitative estimate of drug-likeness (QED) is 0.832. The number of ether oxygens (including phenoxy) is 1. The van der Waals surface area contributed by atoms with Gasteiger partial charge < -0.3 is 4.74 Å². The van der Waals surface area contributed by atoms with E-state index in [2.05, 4.69) is 10.2 Å². The lowest BCUT2D eigenvalue weighted by atomic mass is 10.0. The predicted molar refractivity (Wildman–Crippen MR) is 64.0 cm³/mol. The lowest BCUT2D eigenvalue weighted by Gasteiger charge is -2.12. The molecule has 1 aromatic carbocycles. The molecule has 0 amide bonds. The van der Waals surface area contributed by atoms with Crippen LogP contribution in [0.2, 0.25) is 0 Å². The van der Waals surface area contributed by atoms with E-state index in [4.69, 9.17) is 16.3 Å². The third kappa shape index (κ3) is 2.04. The van der Waals surface area contributed by atoms with E-state index in [1.54, 1.807) is 19.5 Å². The molecule has 1 aromatic heterocycles. The molecule has 0 radical (unpaired) electrons. The molecule has 0 aliphatic heterocycles. The van der Waals surface area contributed by atoms with Crippen molar-refractivity contribution in [2.75, 3.05) is 7.11 Å². The Labute approximate surface area is 99.4 Å². The van der Waals surface area contributed by atoms with Crippen molar-refractivity contribution in [3.8, 4) is 5.75 Å². The zero-order valence-corrected chi connectivity index (χ0v) is 9.95. The van der Waals surface area contributed by atoms with E-state index in [1.165, 1.54) is 0 Å². The molecule has 4 heteroatoms. The van der Waals surface area contributed by atoms with Gasteiger partial charge in [0.1, 0.15) is 5.75 Å². The zero-order chi connectivity index (χ0) is 11.5. The number of nitrogens with zero attached hydrogens (tertiary/aromatic N) is 1. The Morgan fingerprint density at radius 3 is 2.81 bits per heavy atom. The van der Waals surface area contributed by atoms with Gasteiger partial charge >= 0.3 is 0 Å². The van der Waals surface area contributed by atoms with Gasteiger partial charge in [-0.15, -0.1) is 11.6 Å². The van der Waals surface area contributed by atoms with Gasteiger partial charge in [0, 0.05) is 11.8 Å². The molecule has 1 unspecified atom stereocenters. The van der Waals surface area contributed by atoms with Gasteiger partial charge in [-0.05, 0) is 30.2 Å². The number of halogens is 1. The molecule has 1 atom stereocenters. The number of hydrogen-bond donors (Lipinski definition) is 1. The third-order valence-corrected chi connectivity index (χ3v) is 3.05. The van der Waals surface area contributed by atoms with Gasteiger partial charge in [-0.1, -0.05) is 6.07 Å². The van der Waals surface area contributed by atoms with E-state index in [1.807, 2.05) is 25.1 Å². The summed E-state index contributed by atoms with van der Waals surface area (Å²) in [6.45, 7) is 2.02. The van der Waals surface area contributed by atoms with Crippen LogP contribution in [0.15, 0.2) is 30.6 Å². The summed E-state index contributed by atoms with van der Waals surface area (Å²) < 4.78 is 5.16. The number of benzene rings is 1. The summed E-state index contributed by atoms with van der Waals surface area (Å²) >= 11 is 6.37. The van der Waals surface area contributed by atoms with Crippen molar-refractivity contribution in [2.24, 2.45) is 0 Å². The second-order valence-corrected chi connectivity index (χ2v) is 4.05. The second-order valence-electron chi connectivity index (χ2n) is 3.62. The number of hydrogen-bond acceptors (Lipinski definition) is 2. The number of aromatic nitrogens is 2. The Kier molecular flexibility index (Phi) is 3.15. The highest BCUT2D eigenvalue weighted by Crippen LogP contribution is 2.31. The number of methoxy groups -OCH3 is 1. The number of aryl methyl sites for hydroxylation is 1. The molecule has 0 saturated carbocycles. The molecule has 0 bridgehead atoms. The van der Waals surface area contributed by atoms with Crippen molar-refractivity contribution >= 4 is 11.6 Å². The highest BCUT2D eigenvalue weighted by molar-refractivity contribution is 6.22. The van der Waals surface area contributed by atoms with Gasteiger partial charge in [0.2, 0.25) is 0 Å². The van der Waals surface area contributed by atoms with Crippen LogP contribution in [-0.2, 0) is 0 Å². The third-order valence-electron chi connectivity index (χ3n) is 2.56. The Morgan fingerprint density at radius 1 is 1.44 bits per heavy atom. The first-order valence-electron chi connectivity index (χ1n) is 4.99. The average molecular weight is 237 g/mol. The van der Waals surface area contributed by atoms with Gasteiger partial charge in [-0.3, -0.25) is 5.10 Å². The van der Waals surface area contributed by atoms with Crippen LogP contribution >= 0.6 is 11.6 Å². The highest BCUT2D eigenvalue weighted by Gasteiger charge is 2.14. The largest absolute Gasteiger partial charge is 0.497 e. The maximum Gasteiger partial charge on any atom is 0.119 e. The van der Waals surface area contributed by atoms with Gasteiger partial charge in [0.15, 0.2) is 0 Å². The topological polar surface area (TPSA) is 37.9 Å². The monoisotopic (exact) mass is 236 g/mol. The van der Waals surface area contributed by atoms with Gasteiger partial charge in [-0.25, -0.2) is 0 Å². The fourth-order valence-electron chi connectivity index (χ4n) is 1.64. The highest BCUT2D eigenvalue weighted by atomic mass is 35.5. The minimum Gasteiger partial charge on any atom is -0.497 e. The molecule has 1 heterocycles. The number of nitrogens with one attached hydrogen (secondary N) is 1. The minimum atomic E-state index is -0.176. The standard InChI is InChI=1S/C12H13ClN2O/c1-8-5-10(16-2)3-4-11(8)12(13)9-6-14-15-7-9/h3-7,12H,1-2H3,(H,14,15). The Hall–Kier alpha value is -1.48. The molecule has 3 nitrogen and oxygen atoms in total. The summed E-state index contributed by atoms with van der Waals surface area (Å²) in [5.41, 5.74) is 3.15. The molecule has 0 saturated heterocycles. The van der Waals surface area contributed by atoms with E-state index in [0.717, 1.165) is 22.4 Å². The van der Waals surface area contributed by atoms with Gasteiger partial charge in [0.25, 0.3) is 0 Å². The van der Waals surface area contributed by atoms with Crippen LogP contribution in [0.25, 0.3) is 0 Å². The van der Waals surface area contributed by atoms with E-state index < -0.39 is 0 Å². The van der Waals surface area contributed by atoms with Crippen molar-refractivity contribution in [3.63, 3.8) is 0 Å². The minimum absolute atomic E-state index is 0.176. The van der Waals surface area contributed by atoms with Crippen LogP contribution in [-0.4, -0.2) is 17.3 Å². The van der Waals surface area contributed by atoms with E-state index in [9.17, 15) is 0 Å². The Balaban J connectivity index is 2.34. The normalized spacial score (nSPS) is 12.4. The SMILES string of the molecule is COc1ccc(C(Cl)c2cn[nH]c2)c(C)c1. The van der Waals surface area contributed by atoms with Crippen LogP contribution in [0.1, 0.15) is 22.1 Å². The lowest BCUT2D eigenvalue weighted by molar-refractivity contribution is 0.414. The van der Waals surface area contributed by atoms with Crippen molar-refractivity contribution in [1.82, 2.24) is 10.2 Å². The summed E-state index contributed by atoms with van der Waals surface area (Å²) in [7, 11) is 1.66. The van der Waals surface area contributed by atoms with E-state index in [0.29, 0.717) is 0 Å². The molecule has 2 aromatic rings. The summed E-state index contributed by atoms with van der Waals surface area (Å²) in [6, 6.07) is 5.88. The summed E-state index contributed by atoms with van der Waals surface area (Å²) in [4.78, 5) is 0. The molecule has 0 fully saturated rings. The summed E-state index contributed by atoms with van der Waals surface area (Å²) in [5.74, 6) is 0.845. The first-order chi connectivity index (χ1) is 7.72. The van der Waals surface area contributed by atoms with Crippen LogP contribution in [0, 0.1) is 6.92 Å². The number of aromatic amines is 1. The first-order valence-corrected chi connectivity index (χ1v) is 5.43. The lowest BCUT2D eigenvalue weighted by Crippen LogP contribution is -1.95. The number of rotatable bonds is 3. The molecule has 84 valence electrons. The maximum atomic E-state index is 6.37. The Bertz CT molecular complexity index is 468. The first kappa shape index (κ1) is 11.0. The van der Waals surface area contributed by atoms with E-state index >= 15 is 0 Å². The number of alkyl halides is 1. The summed E-state index contributed by atoms with van der Waals surface area (Å²) in [5, 5.41) is 6.49. The van der Waals surface area contributed by atoms with Crippen molar-refractivity contribution < 1.29 is 4.74 Å². The van der Waals surface area contributed by atoms with Crippen molar-refractivity contribution in [2.45, 2.75) is 12.3 Å².